The predicted octanol–water partition coefficient (Wildman–Crippen LogP) is 4.13. The summed E-state index contributed by atoms with van der Waals surface area (Å²) < 4.78 is 21.1. The number of benzene rings is 2. The summed E-state index contributed by atoms with van der Waals surface area (Å²) in [4.78, 5) is 24.1. The van der Waals surface area contributed by atoms with E-state index >= 15 is 0 Å². The quantitative estimate of drug-likeness (QED) is 0.347. The molecule has 0 aliphatic rings. The van der Waals surface area contributed by atoms with E-state index < -0.39 is 11.9 Å². The van der Waals surface area contributed by atoms with Crippen molar-refractivity contribution in [2.75, 3.05) is 26.4 Å². The van der Waals surface area contributed by atoms with Gasteiger partial charge in [-0.3, -0.25) is 0 Å². The normalized spacial score (nSPS) is 10.6. The van der Waals surface area contributed by atoms with Crippen molar-refractivity contribution in [1.82, 2.24) is 0 Å². The number of hydrogen-bond acceptors (Lipinski definition) is 6. The van der Waals surface area contributed by atoms with Gasteiger partial charge in [0.25, 0.3) is 0 Å². The van der Waals surface area contributed by atoms with Crippen LogP contribution < -0.4 is 9.47 Å². The second-order valence-corrected chi connectivity index (χ2v) is 6.48. The minimum Gasteiger partial charge on any atom is -0.493 e. The molecule has 6 nitrogen and oxygen atoms in total. The van der Waals surface area contributed by atoms with Crippen LogP contribution in [0.4, 0.5) is 0 Å². The molecular formula is C22H26O6. The Morgan fingerprint density at radius 3 is 1.96 bits per heavy atom. The highest BCUT2D eigenvalue weighted by Gasteiger charge is 2.11. The van der Waals surface area contributed by atoms with Crippen LogP contribution in [0.25, 0.3) is 0 Å². The fourth-order valence-electron chi connectivity index (χ4n) is 2.20. The van der Waals surface area contributed by atoms with Gasteiger partial charge in [0.1, 0.15) is 18.1 Å². The van der Waals surface area contributed by atoms with Crippen LogP contribution in [0.1, 0.15) is 41.5 Å². The van der Waals surface area contributed by atoms with Gasteiger partial charge in [-0.25, -0.2) is 9.59 Å². The number of hydrogen-bond donors (Lipinski definition) is 0. The summed E-state index contributed by atoms with van der Waals surface area (Å²) in [6.07, 6.45) is 0. The van der Waals surface area contributed by atoms with E-state index in [1.54, 1.807) is 48.5 Å². The molecule has 0 fully saturated rings. The lowest BCUT2D eigenvalue weighted by Gasteiger charge is -2.09. The van der Waals surface area contributed by atoms with Crippen molar-refractivity contribution in [3.8, 4) is 11.5 Å². The van der Waals surface area contributed by atoms with Gasteiger partial charge < -0.3 is 18.9 Å². The van der Waals surface area contributed by atoms with Gasteiger partial charge in [0, 0.05) is 6.61 Å². The van der Waals surface area contributed by atoms with Crippen molar-refractivity contribution < 1.29 is 28.5 Å². The zero-order chi connectivity index (χ0) is 20.4. The Kier molecular flexibility index (Phi) is 8.49. The van der Waals surface area contributed by atoms with Gasteiger partial charge in [-0.05, 0) is 61.4 Å². The lowest BCUT2D eigenvalue weighted by Crippen LogP contribution is -2.11. The molecule has 0 bridgehead atoms. The molecule has 0 N–H and O–H groups in total. The number of esters is 2. The molecule has 28 heavy (non-hydrogen) atoms. The molecule has 0 aliphatic carbocycles. The molecule has 0 aliphatic heterocycles. The minimum absolute atomic E-state index is 0.195. The zero-order valence-corrected chi connectivity index (χ0v) is 16.5. The maximum absolute atomic E-state index is 12.2. The lowest BCUT2D eigenvalue weighted by atomic mass is 10.2. The van der Waals surface area contributed by atoms with E-state index in [0.29, 0.717) is 48.4 Å². The summed E-state index contributed by atoms with van der Waals surface area (Å²) in [7, 11) is 0. The molecule has 0 aromatic heterocycles. The smallest absolute Gasteiger partial charge is 0.343 e. The Hall–Kier alpha value is -2.86. The van der Waals surface area contributed by atoms with Crippen molar-refractivity contribution in [2.45, 2.75) is 20.8 Å². The molecule has 0 saturated heterocycles. The van der Waals surface area contributed by atoms with E-state index in [9.17, 15) is 9.59 Å². The highest BCUT2D eigenvalue weighted by Crippen LogP contribution is 2.17. The van der Waals surface area contributed by atoms with Gasteiger partial charge in [0.05, 0.1) is 24.3 Å². The largest absolute Gasteiger partial charge is 0.493 e. The molecule has 2 aromatic carbocycles. The van der Waals surface area contributed by atoms with E-state index in [2.05, 4.69) is 13.8 Å². The summed E-state index contributed by atoms with van der Waals surface area (Å²) in [5.74, 6) is 0.542. The van der Waals surface area contributed by atoms with Crippen LogP contribution in [0.5, 0.6) is 11.5 Å². The first-order chi connectivity index (χ1) is 13.5. The van der Waals surface area contributed by atoms with Crippen molar-refractivity contribution in [2.24, 2.45) is 5.92 Å². The van der Waals surface area contributed by atoms with Gasteiger partial charge in [-0.15, -0.1) is 0 Å². The van der Waals surface area contributed by atoms with Crippen LogP contribution in [0.15, 0.2) is 48.5 Å². The van der Waals surface area contributed by atoms with Crippen LogP contribution in [-0.2, 0) is 9.47 Å². The fourth-order valence-corrected chi connectivity index (χ4v) is 2.20. The van der Waals surface area contributed by atoms with Crippen molar-refractivity contribution in [3.05, 3.63) is 59.7 Å². The molecule has 0 heterocycles. The van der Waals surface area contributed by atoms with Crippen LogP contribution in [0.2, 0.25) is 0 Å². The van der Waals surface area contributed by atoms with Crippen LogP contribution in [0.3, 0.4) is 0 Å². The monoisotopic (exact) mass is 386 g/mol. The molecule has 2 rings (SSSR count). The average molecular weight is 386 g/mol. The van der Waals surface area contributed by atoms with Gasteiger partial charge in [0.2, 0.25) is 0 Å². The first-order valence-electron chi connectivity index (χ1n) is 9.29. The third-order valence-corrected chi connectivity index (χ3v) is 3.64. The summed E-state index contributed by atoms with van der Waals surface area (Å²) in [5, 5.41) is 0. The first kappa shape index (κ1) is 21.4. The molecule has 6 heteroatoms. The second-order valence-electron chi connectivity index (χ2n) is 6.48. The number of ether oxygens (including phenoxy) is 4. The lowest BCUT2D eigenvalue weighted by molar-refractivity contribution is 0.0335. The molecule has 2 aromatic rings. The average Bonchev–Trinajstić information content (AvgIpc) is 2.70. The van der Waals surface area contributed by atoms with Crippen molar-refractivity contribution in [1.29, 1.82) is 0 Å². The minimum atomic E-state index is -0.484. The van der Waals surface area contributed by atoms with Crippen LogP contribution in [0, 0.1) is 5.92 Å². The number of rotatable bonds is 10. The fraction of sp³-hybridized carbons (Fsp3) is 0.364. The van der Waals surface area contributed by atoms with Crippen molar-refractivity contribution in [3.63, 3.8) is 0 Å². The second kappa shape index (κ2) is 11.1. The molecule has 150 valence electrons. The molecule has 0 saturated carbocycles. The summed E-state index contributed by atoms with van der Waals surface area (Å²) in [6.45, 7) is 7.75. The summed E-state index contributed by atoms with van der Waals surface area (Å²) in [6, 6.07) is 13.0. The van der Waals surface area contributed by atoms with Crippen molar-refractivity contribution >= 4 is 11.9 Å². The third-order valence-electron chi connectivity index (χ3n) is 3.64. The number of carbonyl (C=O) groups excluding carboxylic acids is 2. The number of carbonyl (C=O) groups is 2. The first-order valence-corrected chi connectivity index (χ1v) is 9.29. The van der Waals surface area contributed by atoms with E-state index in [0.717, 1.165) is 0 Å². The topological polar surface area (TPSA) is 71.1 Å². The van der Waals surface area contributed by atoms with Gasteiger partial charge in [-0.1, -0.05) is 13.8 Å². The highest BCUT2D eigenvalue weighted by atomic mass is 16.6. The molecule has 0 spiro atoms. The SMILES string of the molecule is CCOCCOC(=O)c1ccc(OC(=O)c2ccc(OCC(C)C)cc2)cc1. The Balaban J connectivity index is 1.87. The van der Waals surface area contributed by atoms with Gasteiger partial charge in [0.15, 0.2) is 0 Å². The summed E-state index contributed by atoms with van der Waals surface area (Å²) in [5.41, 5.74) is 0.791. The van der Waals surface area contributed by atoms with Gasteiger partial charge in [-0.2, -0.15) is 0 Å². The Labute approximate surface area is 165 Å². The Morgan fingerprint density at radius 2 is 1.39 bits per heavy atom. The van der Waals surface area contributed by atoms with Crippen LogP contribution in [-0.4, -0.2) is 38.4 Å². The molecular weight excluding hydrogens is 360 g/mol. The highest BCUT2D eigenvalue weighted by molar-refractivity contribution is 5.92. The zero-order valence-electron chi connectivity index (χ0n) is 16.5. The maximum Gasteiger partial charge on any atom is 0.343 e. The maximum atomic E-state index is 12.2. The Morgan fingerprint density at radius 1 is 0.821 bits per heavy atom. The molecule has 0 atom stereocenters. The Bertz CT molecular complexity index is 750. The molecule has 0 unspecified atom stereocenters. The van der Waals surface area contributed by atoms with Crippen LogP contribution >= 0.6 is 0 Å². The standard InChI is InChI=1S/C22H26O6/c1-4-25-13-14-26-21(23)17-7-11-20(12-8-17)28-22(24)18-5-9-19(10-6-18)27-15-16(2)3/h5-12,16H,4,13-15H2,1-3H3. The molecule has 0 amide bonds. The van der Waals surface area contributed by atoms with E-state index in [1.807, 2.05) is 6.92 Å². The van der Waals surface area contributed by atoms with E-state index in [-0.39, 0.29) is 6.61 Å². The molecule has 0 radical (unpaired) electrons. The van der Waals surface area contributed by atoms with E-state index in [4.69, 9.17) is 18.9 Å². The van der Waals surface area contributed by atoms with E-state index in [1.165, 1.54) is 0 Å². The summed E-state index contributed by atoms with van der Waals surface area (Å²) >= 11 is 0. The third kappa shape index (κ3) is 7.04. The van der Waals surface area contributed by atoms with Gasteiger partial charge >= 0.3 is 11.9 Å². The predicted molar refractivity (Wildman–Crippen MR) is 105 cm³/mol.